The maximum absolute atomic E-state index is 12.2. The summed E-state index contributed by atoms with van der Waals surface area (Å²) in [6.45, 7) is 4.69. The second kappa shape index (κ2) is 6.65. The number of carbonyl (C=O) groups is 2. The molecule has 3 rings (SSSR count). The molecular formula is C19H20N2O2. The van der Waals surface area contributed by atoms with E-state index in [1.807, 2.05) is 23.1 Å². The fraction of sp³-hybridized carbons (Fsp3) is 0.263. The van der Waals surface area contributed by atoms with Crippen LogP contribution in [-0.4, -0.2) is 29.3 Å². The molecule has 0 radical (unpaired) electrons. The Hall–Kier alpha value is -2.62. The standard InChI is InChI=1S/C19H20N2O2/c1-2-6-18(22)20-16-11-19(23)21(13-16)12-15-9-5-8-14-7-3-4-10-17(14)15/h2-5,7-10,16H,1,6,11-13H2,(H,20,22)/t16-/m0/s1. The van der Waals surface area contributed by atoms with Gasteiger partial charge >= 0.3 is 0 Å². The SMILES string of the molecule is C=CCC(=O)N[C@H]1CC(=O)N(Cc2cccc3ccccc23)C1. The van der Waals surface area contributed by atoms with E-state index >= 15 is 0 Å². The number of fused-ring (bicyclic) bond motifs is 1. The minimum absolute atomic E-state index is 0.0789. The molecule has 1 N–H and O–H groups in total. The molecule has 1 saturated heterocycles. The summed E-state index contributed by atoms with van der Waals surface area (Å²) in [5.41, 5.74) is 1.13. The molecule has 4 heteroatoms. The monoisotopic (exact) mass is 308 g/mol. The predicted octanol–water partition coefficient (Wildman–Crippen LogP) is 2.63. The summed E-state index contributed by atoms with van der Waals surface area (Å²) < 4.78 is 0. The average molecular weight is 308 g/mol. The van der Waals surface area contributed by atoms with E-state index in [-0.39, 0.29) is 24.3 Å². The van der Waals surface area contributed by atoms with E-state index in [2.05, 4.69) is 36.2 Å². The zero-order valence-electron chi connectivity index (χ0n) is 13.0. The Labute approximate surface area is 135 Å². The van der Waals surface area contributed by atoms with Gasteiger partial charge in [0.15, 0.2) is 0 Å². The van der Waals surface area contributed by atoms with Gasteiger partial charge in [-0.2, -0.15) is 0 Å². The molecule has 0 saturated carbocycles. The summed E-state index contributed by atoms with van der Waals surface area (Å²) in [7, 11) is 0. The van der Waals surface area contributed by atoms with Crippen molar-refractivity contribution >= 4 is 22.6 Å². The number of hydrogen-bond donors (Lipinski definition) is 1. The smallest absolute Gasteiger partial charge is 0.225 e. The van der Waals surface area contributed by atoms with Crippen molar-refractivity contribution < 1.29 is 9.59 Å². The molecular weight excluding hydrogens is 288 g/mol. The van der Waals surface area contributed by atoms with E-state index in [1.165, 1.54) is 10.8 Å². The molecule has 2 aromatic rings. The van der Waals surface area contributed by atoms with Gasteiger partial charge in [-0.15, -0.1) is 6.58 Å². The maximum Gasteiger partial charge on any atom is 0.225 e. The van der Waals surface area contributed by atoms with Crippen molar-refractivity contribution in [2.75, 3.05) is 6.54 Å². The molecule has 0 aromatic heterocycles. The van der Waals surface area contributed by atoms with Crippen molar-refractivity contribution in [2.24, 2.45) is 0 Å². The predicted molar refractivity (Wildman–Crippen MR) is 90.7 cm³/mol. The molecule has 118 valence electrons. The van der Waals surface area contributed by atoms with Crippen LogP contribution < -0.4 is 5.32 Å². The minimum atomic E-state index is -0.107. The quantitative estimate of drug-likeness (QED) is 0.863. The van der Waals surface area contributed by atoms with E-state index < -0.39 is 0 Å². The third-order valence-electron chi connectivity index (χ3n) is 4.15. The molecule has 1 atom stereocenters. The van der Waals surface area contributed by atoms with Crippen LogP contribution in [0.4, 0.5) is 0 Å². The highest BCUT2D eigenvalue weighted by molar-refractivity contribution is 5.87. The third kappa shape index (κ3) is 3.42. The number of rotatable bonds is 5. The minimum Gasteiger partial charge on any atom is -0.351 e. The summed E-state index contributed by atoms with van der Waals surface area (Å²) in [6.07, 6.45) is 2.22. The Bertz CT molecular complexity index is 749. The van der Waals surface area contributed by atoms with E-state index in [0.29, 0.717) is 19.5 Å². The molecule has 4 nitrogen and oxygen atoms in total. The van der Waals surface area contributed by atoms with Crippen LogP contribution >= 0.6 is 0 Å². The first-order valence-electron chi connectivity index (χ1n) is 7.82. The molecule has 0 unspecified atom stereocenters. The van der Waals surface area contributed by atoms with Gasteiger partial charge in [-0.3, -0.25) is 9.59 Å². The highest BCUT2D eigenvalue weighted by Crippen LogP contribution is 2.22. The topological polar surface area (TPSA) is 49.4 Å². The number of likely N-dealkylation sites (tertiary alicyclic amines) is 1. The summed E-state index contributed by atoms with van der Waals surface area (Å²) in [5.74, 6) is 0.00616. The Kier molecular flexibility index (Phi) is 4.42. The number of carbonyl (C=O) groups excluding carboxylic acids is 2. The summed E-state index contributed by atoms with van der Waals surface area (Å²) >= 11 is 0. The largest absolute Gasteiger partial charge is 0.351 e. The first-order chi connectivity index (χ1) is 11.2. The zero-order chi connectivity index (χ0) is 16.2. The van der Waals surface area contributed by atoms with Gasteiger partial charge in [-0.05, 0) is 16.3 Å². The van der Waals surface area contributed by atoms with Crippen LogP contribution in [0.3, 0.4) is 0 Å². The van der Waals surface area contributed by atoms with Gasteiger partial charge in [0.25, 0.3) is 0 Å². The lowest BCUT2D eigenvalue weighted by molar-refractivity contribution is -0.128. The second-order valence-electron chi connectivity index (χ2n) is 5.87. The highest BCUT2D eigenvalue weighted by atomic mass is 16.2. The number of nitrogens with zero attached hydrogens (tertiary/aromatic N) is 1. The molecule has 2 amide bonds. The number of hydrogen-bond acceptors (Lipinski definition) is 2. The number of amides is 2. The van der Waals surface area contributed by atoms with E-state index in [0.717, 1.165) is 5.56 Å². The third-order valence-corrected chi connectivity index (χ3v) is 4.15. The van der Waals surface area contributed by atoms with Gasteiger partial charge in [0.05, 0.1) is 6.04 Å². The first-order valence-corrected chi connectivity index (χ1v) is 7.82. The van der Waals surface area contributed by atoms with Crippen molar-refractivity contribution in [3.8, 4) is 0 Å². The summed E-state index contributed by atoms with van der Waals surface area (Å²) in [4.78, 5) is 25.7. The summed E-state index contributed by atoms with van der Waals surface area (Å²) in [6, 6.07) is 14.2. The Morgan fingerprint density at radius 3 is 2.87 bits per heavy atom. The van der Waals surface area contributed by atoms with Crippen molar-refractivity contribution in [1.29, 1.82) is 0 Å². The molecule has 0 bridgehead atoms. The maximum atomic E-state index is 12.2. The van der Waals surface area contributed by atoms with Gasteiger partial charge < -0.3 is 10.2 Å². The van der Waals surface area contributed by atoms with E-state index in [1.54, 1.807) is 6.08 Å². The molecule has 1 aliphatic heterocycles. The molecule has 1 fully saturated rings. The van der Waals surface area contributed by atoms with Crippen LogP contribution in [0.2, 0.25) is 0 Å². The average Bonchev–Trinajstić information content (AvgIpc) is 2.87. The Balaban J connectivity index is 1.71. The van der Waals surface area contributed by atoms with E-state index in [4.69, 9.17) is 0 Å². The van der Waals surface area contributed by atoms with Crippen molar-refractivity contribution in [3.05, 3.63) is 60.7 Å². The second-order valence-corrected chi connectivity index (χ2v) is 5.87. The Morgan fingerprint density at radius 1 is 1.26 bits per heavy atom. The molecule has 1 heterocycles. The Morgan fingerprint density at radius 2 is 2.04 bits per heavy atom. The number of nitrogens with one attached hydrogen (secondary N) is 1. The molecule has 1 aliphatic rings. The lowest BCUT2D eigenvalue weighted by Crippen LogP contribution is -2.36. The van der Waals surface area contributed by atoms with Crippen LogP contribution in [0, 0.1) is 0 Å². The van der Waals surface area contributed by atoms with E-state index in [9.17, 15) is 9.59 Å². The van der Waals surface area contributed by atoms with Crippen molar-refractivity contribution in [3.63, 3.8) is 0 Å². The molecule has 2 aromatic carbocycles. The van der Waals surface area contributed by atoms with Gasteiger partial charge in [0.2, 0.25) is 11.8 Å². The molecule has 0 spiro atoms. The fourth-order valence-corrected chi connectivity index (χ4v) is 3.08. The lowest BCUT2D eigenvalue weighted by atomic mass is 10.0. The van der Waals surface area contributed by atoms with Gasteiger partial charge in [0.1, 0.15) is 0 Å². The van der Waals surface area contributed by atoms with Gasteiger partial charge in [0, 0.05) is 25.9 Å². The first kappa shape index (κ1) is 15.3. The molecule has 23 heavy (non-hydrogen) atoms. The van der Waals surface area contributed by atoms with Crippen LogP contribution in [0.25, 0.3) is 10.8 Å². The fourth-order valence-electron chi connectivity index (χ4n) is 3.08. The summed E-state index contributed by atoms with van der Waals surface area (Å²) in [5, 5.41) is 5.23. The van der Waals surface area contributed by atoms with Gasteiger partial charge in [-0.25, -0.2) is 0 Å². The van der Waals surface area contributed by atoms with Crippen LogP contribution in [0.15, 0.2) is 55.1 Å². The van der Waals surface area contributed by atoms with Crippen LogP contribution in [0.5, 0.6) is 0 Å². The zero-order valence-corrected chi connectivity index (χ0v) is 13.0. The van der Waals surface area contributed by atoms with Gasteiger partial charge in [-0.1, -0.05) is 48.5 Å². The lowest BCUT2D eigenvalue weighted by Gasteiger charge is -2.18. The molecule has 0 aliphatic carbocycles. The van der Waals surface area contributed by atoms with Crippen LogP contribution in [0.1, 0.15) is 18.4 Å². The highest BCUT2D eigenvalue weighted by Gasteiger charge is 2.30. The van der Waals surface area contributed by atoms with Crippen molar-refractivity contribution in [1.82, 2.24) is 10.2 Å². The van der Waals surface area contributed by atoms with Crippen LogP contribution in [-0.2, 0) is 16.1 Å². The normalized spacial score (nSPS) is 17.5. The number of benzene rings is 2. The van der Waals surface area contributed by atoms with Crippen molar-refractivity contribution in [2.45, 2.75) is 25.4 Å².